The van der Waals surface area contributed by atoms with E-state index in [1.807, 2.05) is 0 Å². The number of hydrogen-bond acceptors (Lipinski definition) is 3. The number of likely N-dealkylation sites (tertiary alicyclic amines) is 1. The summed E-state index contributed by atoms with van der Waals surface area (Å²) in [4.78, 5) is 14.3. The molecule has 1 saturated heterocycles. The van der Waals surface area contributed by atoms with Crippen molar-refractivity contribution in [1.82, 2.24) is 10.2 Å². The first-order chi connectivity index (χ1) is 12.1. The smallest absolute Gasteiger partial charge is 0.256 e. The molecule has 1 aromatic carbocycles. The van der Waals surface area contributed by atoms with E-state index in [4.69, 9.17) is 0 Å². The third kappa shape index (κ3) is 4.59. The van der Waals surface area contributed by atoms with Crippen molar-refractivity contribution in [3.05, 3.63) is 35.6 Å². The lowest BCUT2D eigenvalue weighted by Crippen LogP contribution is -2.58. The van der Waals surface area contributed by atoms with E-state index in [9.17, 15) is 14.3 Å². The summed E-state index contributed by atoms with van der Waals surface area (Å²) >= 11 is 0. The highest BCUT2D eigenvalue weighted by Gasteiger charge is 2.42. The summed E-state index contributed by atoms with van der Waals surface area (Å²) in [6.07, 6.45) is 7.57. The Bertz CT molecular complexity index is 589. The summed E-state index contributed by atoms with van der Waals surface area (Å²) < 4.78 is 13.9. The van der Waals surface area contributed by atoms with Crippen LogP contribution in [0.1, 0.15) is 50.5 Å². The molecule has 0 aromatic heterocycles. The van der Waals surface area contributed by atoms with Crippen molar-refractivity contribution < 1.29 is 14.3 Å². The lowest BCUT2D eigenvalue weighted by Gasteiger charge is -2.38. The third-order valence-corrected chi connectivity index (χ3v) is 5.60. The maximum Gasteiger partial charge on any atom is 0.256 e. The van der Waals surface area contributed by atoms with Gasteiger partial charge in [0.05, 0.1) is 0 Å². The van der Waals surface area contributed by atoms with Crippen LogP contribution in [0.5, 0.6) is 0 Å². The Labute approximate surface area is 149 Å². The van der Waals surface area contributed by atoms with Crippen molar-refractivity contribution in [2.45, 2.75) is 57.1 Å². The van der Waals surface area contributed by atoms with Crippen LogP contribution < -0.4 is 5.32 Å². The molecule has 3 rings (SSSR count). The van der Waals surface area contributed by atoms with Crippen LogP contribution in [0.25, 0.3) is 0 Å². The van der Waals surface area contributed by atoms with Gasteiger partial charge in [0.2, 0.25) is 0 Å². The Morgan fingerprint density at radius 1 is 1.20 bits per heavy atom. The second-order valence-electron chi connectivity index (χ2n) is 7.59. The number of nitrogens with zero attached hydrogens (tertiary/aromatic N) is 1. The zero-order chi connectivity index (χ0) is 17.7. The summed E-state index contributed by atoms with van der Waals surface area (Å²) in [5.74, 6) is 0.0727. The molecular formula is C20H29FN2O2. The number of carbonyl (C=O) groups excluding carboxylic acids is 1. The molecule has 4 nitrogen and oxygen atoms in total. The molecule has 0 bridgehead atoms. The van der Waals surface area contributed by atoms with Gasteiger partial charge in [0.25, 0.3) is 5.91 Å². The minimum atomic E-state index is -1.36. The lowest BCUT2D eigenvalue weighted by molar-refractivity contribution is -0.157. The molecule has 1 saturated carbocycles. The second-order valence-corrected chi connectivity index (χ2v) is 7.59. The quantitative estimate of drug-likeness (QED) is 0.831. The molecule has 0 spiro atoms. The number of rotatable bonds is 6. The van der Waals surface area contributed by atoms with Gasteiger partial charge in [-0.15, -0.1) is 0 Å². The minimum absolute atomic E-state index is 0.219. The average Bonchev–Trinajstić information content (AvgIpc) is 2.62. The predicted octanol–water partition coefficient (Wildman–Crippen LogP) is 2.85. The highest BCUT2D eigenvalue weighted by Crippen LogP contribution is 2.26. The van der Waals surface area contributed by atoms with E-state index in [2.05, 4.69) is 5.32 Å². The second kappa shape index (κ2) is 8.28. The van der Waals surface area contributed by atoms with Crippen LogP contribution in [0.4, 0.5) is 4.39 Å². The maximum atomic E-state index is 13.9. The van der Waals surface area contributed by atoms with E-state index >= 15 is 0 Å². The van der Waals surface area contributed by atoms with Gasteiger partial charge in [0, 0.05) is 25.2 Å². The fraction of sp³-hybridized carbons (Fsp3) is 0.650. The van der Waals surface area contributed by atoms with E-state index in [1.54, 1.807) is 23.1 Å². The summed E-state index contributed by atoms with van der Waals surface area (Å²) in [5.41, 5.74) is -0.867. The fourth-order valence-electron chi connectivity index (χ4n) is 4.09. The van der Waals surface area contributed by atoms with Crippen LogP contribution in [0.2, 0.25) is 0 Å². The normalized spacial score (nSPS) is 25.4. The molecule has 138 valence electrons. The number of nitrogens with one attached hydrogen (secondary N) is 1. The van der Waals surface area contributed by atoms with Crippen molar-refractivity contribution in [3.63, 3.8) is 0 Å². The summed E-state index contributed by atoms with van der Waals surface area (Å²) in [6, 6.07) is 6.51. The molecule has 2 fully saturated rings. The summed E-state index contributed by atoms with van der Waals surface area (Å²) in [6.45, 7) is 1.94. The van der Waals surface area contributed by atoms with E-state index in [0.717, 1.165) is 13.0 Å². The molecular weight excluding hydrogens is 319 g/mol. The molecule has 5 heteroatoms. The van der Waals surface area contributed by atoms with Gasteiger partial charge in [0.1, 0.15) is 5.82 Å². The Kier molecular flexibility index (Phi) is 6.07. The van der Waals surface area contributed by atoms with Crippen molar-refractivity contribution in [2.75, 3.05) is 19.6 Å². The molecule has 2 N–H and O–H groups in total. The number of hydrogen-bond donors (Lipinski definition) is 2. The zero-order valence-corrected chi connectivity index (χ0v) is 14.8. The van der Waals surface area contributed by atoms with Crippen molar-refractivity contribution in [3.8, 4) is 0 Å². The number of halogens is 1. The molecule has 0 radical (unpaired) electrons. The zero-order valence-electron chi connectivity index (χ0n) is 14.8. The summed E-state index contributed by atoms with van der Waals surface area (Å²) in [5, 5.41) is 14.2. The Hall–Kier alpha value is -1.46. The monoisotopic (exact) mass is 348 g/mol. The van der Waals surface area contributed by atoms with Gasteiger partial charge in [-0.2, -0.15) is 0 Å². The van der Waals surface area contributed by atoms with Gasteiger partial charge in [-0.25, -0.2) is 4.39 Å². The molecule has 1 aliphatic heterocycles. The predicted molar refractivity (Wildman–Crippen MR) is 95.4 cm³/mol. The first-order valence-corrected chi connectivity index (χ1v) is 9.54. The van der Waals surface area contributed by atoms with E-state index in [-0.39, 0.29) is 24.8 Å². The highest BCUT2D eigenvalue weighted by atomic mass is 19.1. The number of benzene rings is 1. The maximum absolute atomic E-state index is 13.9. The topological polar surface area (TPSA) is 52.6 Å². The van der Waals surface area contributed by atoms with Crippen LogP contribution in [0.15, 0.2) is 24.3 Å². The Balaban J connectivity index is 1.55. The van der Waals surface area contributed by atoms with Gasteiger partial charge in [-0.1, -0.05) is 37.5 Å². The first-order valence-electron chi connectivity index (χ1n) is 9.54. The number of carbonyl (C=O) groups is 1. The standard InChI is InChI=1S/C20H29FN2O2/c21-18-10-5-4-9-17(18)14-23-12-6-11-20(25,19(23)24)15-22-13-16-7-2-1-3-8-16/h4-5,9-10,16,22,25H,1-3,6-8,11-15H2. The van der Waals surface area contributed by atoms with E-state index in [0.29, 0.717) is 24.4 Å². The van der Waals surface area contributed by atoms with Crippen LogP contribution in [-0.2, 0) is 11.3 Å². The minimum Gasteiger partial charge on any atom is -0.379 e. The summed E-state index contributed by atoms with van der Waals surface area (Å²) in [7, 11) is 0. The molecule has 1 amide bonds. The molecule has 2 aliphatic rings. The first kappa shape index (κ1) is 18.3. The van der Waals surface area contributed by atoms with Crippen LogP contribution in [-0.4, -0.2) is 41.1 Å². The molecule has 1 unspecified atom stereocenters. The van der Waals surface area contributed by atoms with Crippen molar-refractivity contribution in [1.29, 1.82) is 0 Å². The van der Waals surface area contributed by atoms with Gasteiger partial charge in [-0.05, 0) is 44.2 Å². The fourth-order valence-corrected chi connectivity index (χ4v) is 4.09. The Morgan fingerprint density at radius 3 is 2.72 bits per heavy atom. The highest BCUT2D eigenvalue weighted by molar-refractivity contribution is 5.86. The van der Waals surface area contributed by atoms with Gasteiger partial charge < -0.3 is 15.3 Å². The van der Waals surface area contributed by atoms with Crippen LogP contribution in [0.3, 0.4) is 0 Å². The largest absolute Gasteiger partial charge is 0.379 e. The van der Waals surface area contributed by atoms with Gasteiger partial charge in [-0.3, -0.25) is 4.79 Å². The van der Waals surface area contributed by atoms with E-state index < -0.39 is 5.60 Å². The molecule has 1 heterocycles. The number of amides is 1. The molecule has 1 aromatic rings. The van der Waals surface area contributed by atoms with Crippen molar-refractivity contribution in [2.24, 2.45) is 5.92 Å². The van der Waals surface area contributed by atoms with Crippen LogP contribution in [0, 0.1) is 11.7 Å². The molecule has 1 atom stereocenters. The van der Waals surface area contributed by atoms with Gasteiger partial charge in [0.15, 0.2) is 5.60 Å². The average molecular weight is 348 g/mol. The molecule has 25 heavy (non-hydrogen) atoms. The lowest BCUT2D eigenvalue weighted by atomic mass is 9.88. The Morgan fingerprint density at radius 2 is 1.96 bits per heavy atom. The third-order valence-electron chi connectivity index (χ3n) is 5.60. The SMILES string of the molecule is O=C1N(Cc2ccccc2F)CCCC1(O)CNCC1CCCCC1. The van der Waals surface area contributed by atoms with E-state index in [1.165, 1.54) is 38.2 Å². The number of aliphatic hydroxyl groups is 1. The number of piperidine rings is 1. The van der Waals surface area contributed by atoms with Crippen LogP contribution >= 0.6 is 0 Å². The van der Waals surface area contributed by atoms with Crippen molar-refractivity contribution >= 4 is 5.91 Å². The van der Waals surface area contributed by atoms with Gasteiger partial charge >= 0.3 is 0 Å². The molecule has 1 aliphatic carbocycles.